The van der Waals surface area contributed by atoms with Crippen molar-refractivity contribution in [3.05, 3.63) is 51.9 Å². The normalized spacial score (nSPS) is 17.4. The molecule has 0 radical (unpaired) electrons. The van der Waals surface area contributed by atoms with Crippen LogP contribution in [0.2, 0.25) is 10.0 Å². The highest BCUT2D eigenvalue weighted by Crippen LogP contribution is 2.27. The van der Waals surface area contributed by atoms with Crippen molar-refractivity contribution < 1.29 is 14.0 Å². The van der Waals surface area contributed by atoms with Crippen LogP contribution in [0.25, 0.3) is 0 Å². The van der Waals surface area contributed by atoms with Crippen LogP contribution >= 0.6 is 23.2 Å². The van der Waals surface area contributed by atoms with Gasteiger partial charge in [-0.25, -0.2) is 4.79 Å². The number of rotatable bonds is 6. The number of nitrogens with zero attached hydrogens (tertiary/aromatic N) is 3. The lowest BCUT2D eigenvalue weighted by Gasteiger charge is -2.23. The van der Waals surface area contributed by atoms with Crippen molar-refractivity contribution >= 4 is 46.6 Å². The summed E-state index contributed by atoms with van der Waals surface area (Å²) in [5.41, 5.74) is 6.74. The molecule has 1 aromatic heterocycles. The molecule has 3 N–H and O–H groups in total. The van der Waals surface area contributed by atoms with E-state index in [1.165, 1.54) is 11.0 Å². The molecule has 0 bridgehead atoms. The number of benzene rings is 1. The summed E-state index contributed by atoms with van der Waals surface area (Å²) < 4.78 is 13.4. The molecule has 30 heavy (non-hydrogen) atoms. The molecule has 7 nitrogen and oxygen atoms in total. The van der Waals surface area contributed by atoms with E-state index in [9.17, 15) is 14.0 Å². The number of carbonyl (C=O) groups is 2. The highest BCUT2D eigenvalue weighted by molar-refractivity contribution is 6.35. The topological polar surface area (TPSA) is 91.6 Å². The molecule has 1 fully saturated rings. The lowest BCUT2D eigenvalue weighted by atomic mass is 10.1. The maximum Gasteiger partial charge on any atom is 0.321 e. The van der Waals surface area contributed by atoms with Crippen LogP contribution in [0.3, 0.4) is 0 Å². The first-order chi connectivity index (χ1) is 14.2. The van der Waals surface area contributed by atoms with Crippen LogP contribution in [0.5, 0.6) is 0 Å². The van der Waals surface area contributed by atoms with Crippen LogP contribution in [0.15, 0.2) is 30.3 Å². The predicted octanol–water partition coefficient (Wildman–Crippen LogP) is 3.81. The van der Waals surface area contributed by atoms with Crippen molar-refractivity contribution in [1.82, 2.24) is 14.8 Å². The van der Waals surface area contributed by atoms with Crippen molar-refractivity contribution in [2.45, 2.75) is 32.4 Å². The molecular formula is C20H22Cl2FN5O2. The maximum absolute atomic E-state index is 13.4. The minimum atomic E-state index is -0.804. The lowest BCUT2D eigenvalue weighted by molar-refractivity contribution is -0.119. The summed E-state index contributed by atoms with van der Waals surface area (Å²) in [7, 11) is 0. The van der Waals surface area contributed by atoms with Gasteiger partial charge in [0.05, 0.1) is 11.7 Å². The molecule has 0 aliphatic carbocycles. The number of likely N-dealkylation sites (N-methyl/N-ethyl adjacent to an activating group) is 1. The molecule has 2 aromatic rings. The van der Waals surface area contributed by atoms with Gasteiger partial charge in [0, 0.05) is 23.1 Å². The number of aromatic nitrogens is 1. The average Bonchev–Trinajstić information content (AvgIpc) is 3.01. The van der Waals surface area contributed by atoms with E-state index in [1.54, 1.807) is 24.0 Å². The first kappa shape index (κ1) is 22.1. The summed E-state index contributed by atoms with van der Waals surface area (Å²) in [5.74, 6) is -1.34. The van der Waals surface area contributed by atoms with Crippen molar-refractivity contribution in [1.29, 1.82) is 0 Å². The number of amides is 3. The Morgan fingerprint density at radius 2 is 2.10 bits per heavy atom. The first-order valence-electron chi connectivity index (χ1n) is 9.45. The molecule has 10 heteroatoms. The summed E-state index contributed by atoms with van der Waals surface area (Å²) >= 11 is 12.2. The Bertz CT molecular complexity index is 974. The zero-order valence-electron chi connectivity index (χ0n) is 16.5. The molecule has 2 unspecified atom stereocenters. The zero-order valence-corrected chi connectivity index (χ0v) is 18.0. The third kappa shape index (κ3) is 4.60. The average molecular weight is 454 g/mol. The van der Waals surface area contributed by atoms with Crippen molar-refractivity contribution in [2.24, 2.45) is 0 Å². The first-order valence-corrected chi connectivity index (χ1v) is 10.2. The van der Waals surface area contributed by atoms with Crippen LogP contribution < -0.4 is 11.1 Å². The Balaban J connectivity index is 1.74. The van der Waals surface area contributed by atoms with Gasteiger partial charge in [0.15, 0.2) is 5.82 Å². The Hall–Kier alpha value is -2.58. The van der Waals surface area contributed by atoms with E-state index in [-0.39, 0.29) is 23.6 Å². The standard InChI is InChI=1S/C20H22Cl2FN5O2/c1-3-27-14(8-12-4-5-13(21)9-15(12)22)10-28(20(27)30)11(2)19(29)26-18-16(24)6-7-17(23)25-18/h4-7,9,11,14H,3,8,10,24H2,1-2H3,(H,25,26,29). The minimum absolute atomic E-state index is 0.0738. The van der Waals surface area contributed by atoms with Crippen molar-refractivity contribution in [3.8, 4) is 0 Å². The van der Waals surface area contributed by atoms with Gasteiger partial charge >= 0.3 is 6.03 Å². The third-order valence-corrected chi connectivity index (χ3v) is 5.72. The SMILES string of the molecule is CCN1C(=O)N(C(C)C(=O)Nc2nc(F)ccc2N)CC1Cc1ccc(Cl)cc1Cl. The molecule has 1 saturated heterocycles. The number of pyridine rings is 1. The van der Waals surface area contributed by atoms with E-state index >= 15 is 0 Å². The number of hydrogen-bond donors (Lipinski definition) is 2. The second-order valence-electron chi connectivity index (χ2n) is 7.05. The Labute approximate surface area is 183 Å². The zero-order chi connectivity index (χ0) is 22.0. The van der Waals surface area contributed by atoms with E-state index in [1.807, 2.05) is 13.0 Å². The highest BCUT2D eigenvalue weighted by Gasteiger charge is 2.40. The van der Waals surface area contributed by atoms with Gasteiger partial charge in [0.1, 0.15) is 6.04 Å². The molecule has 3 amide bonds. The summed E-state index contributed by atoms with van der Waals surface area (Å²) in [6, 6.07) is 6.44. The fraction of sp³-hybridized carbons (Fsp3) is 0.350. The number of carbonyl (C=O) groups excluding carboxylic acids is 2. The second kappa shape index (κ2) is 9.06. The molecule has 160 valence electrons. The van der Waals surface area contributed by atoms with Gasteiger partial charge in [-0.15, -0.1) is 0 Å². The molecule has 1 aliphatic rings. The Morgan fingerprint density at radius 1 is 1.37 bits per heavy atom. The molecule has 2 atom stereocenters. The number of hydrogen-bond acceptors (Lipinski definition) is 4. The predicted molar refractivity (Wildman–Crippen MR) is 115 cm³/mol. The van der Waals surface area contributed by atoms with Crippen LogP contribution in [0.1, 0.15) is 19.4 Å². The van der Waals surface area contributed by atoms with Gasteiger partial charge in [0.25, 0.3) is 0 Å². The molecule has 1 aromatic carbocycles. The smallest absolute Gasteiger partial charge is 0.321 e. The van der Waals surface area contributed by atoms with Gasteiger partial charge in [-0.05, 0) is 50.1 Å². The fourth-order valence-electron chi connectivity index (χ4n) is 3.47. The van der Waals surface area contributed by atoms with E-state index < -0.39 is 17.9 Å². The summed E-state index contributed by atoms with van der Waals surface area (Å²) in [6.07, 6.45) is 0.527. The van der Waals surface area contributed by atoms with E-state index in [0.717, 1.165) is 11.6 Å². The number of nitrogen functional groups attached to an aromatic ring is 1. The second-order valence-corrected chi connectivity index (χ2v) is 7.90. The molecule has 2 heterocycles. The Morgan fingerprint density at radius 3 is 2.77 bits per heavy atom. The third-order valence-electron chi connectivity index (χ3n) is 5.13. The van der Waals surface area contributed by atoms with Gasteiger partial charge in [-0.1, -0.05) is 29.3 Å². The number of nitrogens with two attached hydrogens (primary N) is 1. The summed E-state index contributed by atoms with van der Waals surface area (Å²) in [6.45, 7) is 4.30. The van der Waals surface area contributed by atoms with Crippen LogP contribution in [0.4, 0.5) is 20.7 Å². The van der Waals surface area contributed by atoms with Crippen LogP contribution in [0, 0.1) is 5.95 Å². The van der Waals surface area contributed by atoms with Gasteiger partial charge in [-0.3, -0.25) is 4.79 Å². The van der Waals surface area contributed by atoms with Crippen molar-refractivity contribution in [2.75, 3.05) is 24.1 Å². The number of anilines is 2. The van der Waals surface area contributed by atoms with E-state index in [0.29, 0.717) is 29.6 Å². The molecule has 3 rings (SSSR count). The van der Waals surface area contributed by atoms with Gasteiger partial charge < -0.3 is 20.9 Å². The Kier molecular flexibility index (Phi) is 6.67. The van der Waals surface area contributed by atoms with E-state index in [4.69, 9.17) is 28.9 Å². The van der Waals surface area contributed by atoms with Crippen LogP contribution in [-0.4, -0.2) is 51.9 Å². The monoisotopic (exact) mass is 453 g/mol. The van der Waals surface area contributed by atoms with Gasteiger partial charge in [0.2, 0.25) is 11.9 Å². The number of halogens is 3. The quantitative estimate of drug-likeness (QED) is 0.650. The number of urea groups is 1. The molecule has 1 aliphatic heterocycles. The summed E-state index contributed by atoms with van der Waals surface area (Å²) in [5, 5.41) is 3.57. The summed E-state index contributed by atoms with van der Waals surface area (Å²) in [4.78, 5) is 32.4. The van der Waals surface area contributed by atoms with Crippen LogP contribution in [-0.2, 0) is 11.2 Å². The van der Waals surface area contributed by atoms with Gasteiger partial charge in [-0.2, -0.15) is 9.37 Å². The van der Waals surface area contributed by atoms with E-state index in [2.05, 4.69) is 10.3 Å². The molecule has 0 saturated carbocycles. The highest BCUT2D eigenvalue weighted by atomic mass is 35.5. The van der Waals surface area contributed by atoms with Crippen molar-refractivity contribution in [3.63, 3.8) is 0 Å². The number of nitrogens with one attached hydrogen (secondary N) is 1. The maximum atomic E-state index is 13.4. The largest absolute Gasteiger partial charge is 0.396 e. The molecule has 0 spiro atoms. The fourth-order valence-corrected chi connectivity index (χ4v) is 3.95. The lowest BCUT2D eigenvalue weighted by Crippen LogP contribution is -2.44. The molecular weight excluding hydrogens is 432 g/mol. The minimum Gasteiger partial charge on any atom is -0.396 e.